The Balaban J connectivity index is 1.38. The van der Waals surface area contributed by atoms with Gasteiger partial charge in [0.15, 0.2) is 0 Å². The minimum Gasteiger partial charge on any atom is -0.378 e. The zero-order chi connectivity index (χ0) is 24.3. The predicted molar refractivity (Wildman–Crippen MR) is 134 cm³/mol. The number of benzene rings is 2. The van der Waals surface area contributed by atoms with Gasteiger partial charge in [0.05, 0.1) is 32.5 Å². The van der Waals surface area contributed by atoms with Crippen LogP contribution in [-0.4, -0.2) is 54.5 Å². The molecule has 1 unspecified atom stereocenters. The maximum atomic E-state index is 13.2. The molecule has 0 fully saturated rings. The van der Waals surface area contributed by atoms with Crippen molar-refractivity contribution in [3.05, 3.63) is 71.0 Å². The van der Waals surface area contributed by atoms with Gasteiger partial charge in [0.25, 0.3) is 0 Å². The van der Waals surface area contributed by atoms with Gasteiger partial charge in [-0.15, -0.1) is 0 Å². The highest BCUT2D eigenvalue weighted by atomic mass is 19.1. The summed E-state index contributed by atoms with van der Waals surface area (Å²) in [5, 5.41) is 9.88. The second-order valence-electron chi connectivity index (χ2n) is 8.16. The molecule has 0 saturated carbocycles. The highest BCUT2D eigenvalue weighted by Gasteiger charge is 2.23. The third-order valence-electron chi connectivity index (χ3n) is 5.60. The number of rotatable bonds is 14. The molecule has 0 bridgehead atoms. The minimum absolute atomic E-state index is 0.142. The third-order valence-corrected chi connectivity index (χ3v) is 5.60. The van der Waals surface area contributed by atoms with Crippen LogP contribution in [0.2, 0.25) is 0 Å². The molecule has 0 radical (unpaired) electrons. The number of ether oxygens (including phenoxy) is 2. The van der Waals surface area contributed by atoms with Crippen molar-refractivity contribution in [3.63, 3.8) is 0 Å². The largest absolute Gasteiger partial charge is 0.378 e. The molecule has 35 heavy (non-hydrogen) atoms. The van der Waals surface area contributed by atoms with Crippen molar-refractivity contribution in [2.24, 2.45) is 5.73 Å². The van der Waals surface area contributed by atoms with Crippen molar-refractivity contribution in [3.8, 4) is 0 Å². The van der Waals surface area contributed by atoms with Gasteiger partial charge in [-0.3, -0.25) is 0 Å². The van der Waals surface area contributed by atoms with Gasteiger partial charge in [0.1, 0.15) is 5.82 Å². The van der Waals surface area contributed by atoms with Crippen molar-refractivity contribution in [2.45, 2.75) is 25.4 Å². The molecular weight excluding hydrogens is 449 g/mol. The monoisotopic (exact) mass is 481 g/mol. The van der Waals surface area contributed by atoms with Crippen molar-refractivity contribution >= 4 is 17.8 Å². The predicted octanol–water partition coefficient (Wildman–Crippen LogP) is 3.13. The van der Waals surface area contributed by atoms with E-state index in [9.17, 15) is 4.39 Å². The number of aromatic nitrogens is 3. The number of nitrogens with zero attached hydrogens (tertiary/aromatic N) is 3. The van der Waals surface area contributed by atoms with Crippen LogP contribution < -0.4 is 21.7 Å². The topological polar surface area (TPSA) is 119 Å². The van der Waals surface area contributed by atoms with Crippen LogP contribution in [0, 0.1) is 5.82 Å². The molecule has 1 aliphatic carbocycles. The first kappa shape index (κ1) is 24.8. The van der Waals surface area contributed by atoms with E-state index in [0.717, 1.165) is 18.4 Å². The van der Waals surface area contributed by atoms with Crippen LogP contribution in [-0.2, 0) is 22.4 Å². The zero-order valence-electron chi connectivity index (χ0n) is 19.7. The summed E-state index contributed by atoms with van der Waals surface area (Å²) in [7, 11) is 0. The molecule has 4 rings (SSSR count). The van der Waals surface area contributed by atoms with Gasteiger partial charge in [0, 0.05) is 19.6 Å². The third kappa shape index (κ3) is 7.57. The average Bonchev–Trinajstić information content (AvgIpc) is 3.28. The number of aryl methyl sites for hydroxylation is 1. The lowest BCUT2D eigenvalue weighted by molar-refractivity contribution is 0.0547. The first-order chi connectivity index (χ1) is 17.2. The summed E-state index contributed by atoms with van der Waals surface area (Å²) in [5.41, 5.74) is 8.94. The van der Waals surface area contributed by atoms with E-state index in [2.05, 4.69) is 55.2 Å². The van der Waals surface area contributed by atoms with Crippen LogP contribution in [0.1, 0.15) is 29.2 Å². The van der Waals surface area contributed by atoms with Crippen LogP contribution in [0.25, 0.3) is 0 Å². The van der Waals surface area contributed by atoms with E-state index in [0.29, 0.717) is 63.9 Å². The molecule has 0 saturated heterocycles. The summed E-state index contributed by atoms with van der Waals surface area (Å²) >= 11 is 0. The standard InChI is InChI=1S/C25H32FN7O2/c26-20-8-5-18(6-9-20)17-29-24-31-23(28-12-14-35-16-15-34-13-11-27)32-25(33-24)30-22-10-7-19-3-1-2-4-21(19)22/h1-6,8-9,22H,7,10-17,27H2,(H3,28,29,30,31,32,33). The summed E-state index contributed by atoms with van der Waals surface area (Å²) < 4.78 is 24.1. The molecule has 0 amide bonds. The number of nitrogens with two attached hydrogens (primary N) is 1. The Morgan fingerprint density at radius 2 is 1.57 bits per heavy atom. The number of nitrogens with one attached hydrogen (secondary N) is 3. The zero-order valence-corrected chi connectivity index (χ0v) is 19.7. The van der Waals surface area contributed by atoms with Gasteiger partial charge in [-0.05, 0) is 41.7 Å². The smallest absolute Gasteiger partial charge is 0.229 e. The van der Waals surface area contributed by atoms with Crippen LogP contribution in [0.4, 0.5) is 22.2 Å². The van der Waals surface area contributed by atoms with E-state index in [-0.39, 0.29) is 11.9 Å². The normalized spacial score (nSPS) is 14.5. The minimum atomic E-state index is -0.267. The highest BCUT2D eigenvalue weighted by molar-refractivity contribution is 5.46. The second-order valence-corrected chi connectivity index (χ2v) is 8.16. The molecule has 1 heterocycles. The Morgan fingerprint density at radius 3 is 2.37 bits per heavy atom. The summed E-state index contributed by atoms with van der Waals surface area (Å²) in [5.74, 6) is 1.09. The molecule has 9 nitrogen and oxygen atoms in total. The molecule has 5 N–H and O–H groups in total. The SMILES string of the molecule is NCCOCCOCCNc1nc(NCc2ccc(F)cc2)nc(NC2CCc3ccccc32)n1. The Kier molecular flexibility index (Phi) is 9.16. The average molecular weight is 482 g/mol. The van der Waals surface area contributed by atoms with Crippen molar-refractivity contribution in [2.75, 3.05) is 55.5 Å². The molecule has 10 heteroatoms. The summed E-state index contributed by atoms with van der Waals surface area (Å²) in [6, 6.07) is 14.9. The maximum absolute atomic E-state index is 13.2. The van der Waals surface area contributed by atoms with E-state index < -0.39 is 0 Å². The lowest BCUT2D eigenvalue weighted by Crippen LogP contribution is -2.18. The van der Waals surface area contributed by atoms with Gasteiger partial charge in [-0.25, -0.2) is 4.39 Å². The van der Waals surface area contributed by atoms with E-state index in [1.807, 2.05) is 0 Å². The van der Waals surface area contributed by atoms with E-state index in [1.54, 1.807) is 12.1 Å². The van der Waals surface area contributed by atoms with Crippen LogP contribution >= 0.6 is 0 Å². The Bertz CT molecular complexity index is 1070. The Morgan fingerprint density at radius 1 is 0.857 bits per heavy atom. The fraction of sp³-hybridized carbons (Fsp3) is 0.400. The molecule has 1 aromatic heterocycles. The van der Waals surface area contributed by atoms with Crippen LogP contribution in [0.15, 0.2) is 48.5 Å². The molecule has 0 aliphatic heterocycles. The molecule has 1 aliphatic rings. The van der Waals surface area contributed by atoms with E-state index in [1.165, 1.54) is 23.3 Å². The first-order valence-electron chi connectivity index (χ1n) is 11.9. The van der Waals surface area contributed by atoms with E-state index in [4.69, 9.17) is 15.2 Å². The lowest BCUT2D eigenvalue weighted by atomic mass is 10.1. The highest BCUT2D eigenvalue weighted by Crippen LogP contribution is 2.33. The fourth-order valence-corrected chi connectivity index (χ4v) is 3.89. The van der Waals surface area contributed by atoms with Crippen molar-refractivity contribution in [1.82, 2.24) is 15.0 Å². The molecule has 0 spiro atoms. The quantitative estimate of drug-likeness (QED) is 0.258. The summed E-state index contributed by atoms with van der Waals surface area (Å²) in [6.07, 6.45) is 2.00. The van der Waals surface area contributed by atoms with Gasteiger partial charge < -0.3 is 31.2 Å². The van der Waals surface area contributed by atoms with Crippen molar-refractivity contribution < 1.29 is 13.9 Å². The summed E-state index contributed by atoms with van der Waals surface area (Å²) in [6.45, 7) is 3.51. The number of halogens is 1. The molecule has 3 aromatic rings. The second kappa shape index (κ2) is 12.9. The Labute approximate surface area is 204 Å². The molecule has 1 atom stereocenters. The van der Waals surface area contributed by atoms with Gasteiger partial charge in [-0.1, -0.05) is 36.4 Å². The number of hydrogen-bond acceptors (Lipinski definition) is 9. The maximum Gasteiger partial charge on any atom is 0.229 e. The van der Waals surface area contributed by atoms with Crippen LogP contribution in [0.5, 0.6) is 0 Å². The van der Waals surface area contributed by atoms with Gasteiger partial charge in [-0.2, -0.15) is 15.0 Å². The van der Waals surface area contributed by atoms with E-state index >= 15 is 0 Å². The first-order valence-corrected chi connectivity index (χ1v) is 11.9. The number of anilines is 3. The summed E-state index contributed by atoms with van der Waals surface area (Å²) in [4.78, 5) is 13.6. The van der Waals surface area contributed by atoms with Gasteiger partial charge >= 0.3 is 0 Å². The lowest BCUT2D eigenvalue weighted by Gasteiger charge is -2.16. The fourth-order valence-electron chi connectivity index (χ4n) is 3.89. The van der Waals surface area contributed by atoms with Crippen LogP contribution in [0.3, 0.4) is 0 Å². The number of fused-ring (bicyclic) bond motifs is 1. The molecule has 186 valence electrons. The van der Waals surface area contributed by atoms with Crippen molar-refractivity contribution in [1.29, 1.82) is 0 Å². The van der Waals surface area contributed by atoms with Gasteiger partial charge in [0.2, 0.25) is 17.8 Å². The molecule has 2 aromatic carbocycles. The number of hydrogen-bond donors (Lipinski definition) is 4. The Hall–Kier alpha value is -3.34. The molecular formula is C25H32FN7O2.